The third-order valence-electron chi connectivity index (χ3n) is 4.49. The molecule has 0 heterocycles. The number of rotatable bonds is 8. The zero-order valence-corrected chi connectivity index (χ0v) is 21.2. The Morgan fingerprint density at radius 2 is 0.742 bits per heavy atom. The summed E-state index contributed by atoms with van der Waals surface area (Å²) in [5.74, 6) is 0. The van der Waals surface area contributed by atoms with Gasteiger partial charge in [-0.1, -0.05) is 0 Å². The van der Waals surface area contributed by atoms with Crippen LogP contribution in [-0.2, 0) is 12.5 Å². The summed E-state index contributed by atoms with van der Waals surface area (Å²) in [4.78, 5) is 0. The molecule has 4 heteroatoms. The second kappa shape index (κ2) is 12.5. The van der Waals surface area contributed by atoms with Crippen LogP contribution in [-0.4, -0.2) is 0 Å². The van der Waals surface area contributed by atoms with Gasteiger partial charge in [0, 0.05) is 0 Å². The third kappa shape index (κ3) is 6.06. The van der Waals surface area contributed by atoms with Crippen molar-refractivity contribution in [2.45, 2.75) is 18.7 Å². The van der Waals surface area contributed by atoms with Crippen molar-refractivity contribution < 1.29 is 12.5 Å². The van der Waals surface area contributed by atoms with Crippen molar-refractivity contribution in [3.63, 3.8) is 0 Å². The quantitative estimate of drug-likeness (QED) is 0.178. The van der Waals surface area contributed by atoms with E-state index in [-0.39, 0.29) is 25.0 Å². The molecule has 4 aromatic carbocycles. The third-order valence-corrected chi connectivity index (χ3v) is 19.4. The molecule has 0 fully saturated rings. The Kier molecular flexibility index (Phi) is 9.77. The van der Waals surface area contributed by atoms with Crippen molar-refractivity contribution in [1.82, 2.24) is 0 Å². The van der Waals surface area contributed by atoms with E-state index in [1.807, 2.05) is 0 Å². The summed E-state index contributed by atoms with van der Waals surface area (Å²) in [5, 5.41) is 7.27. The average Bonchev–Trinajstić information content (AvgIpc) is 2.82. The molecule has 0 amide bonds. The molecule has 0 saturated carbocycles. The molecule has 163 valence electrons. The van der Waals surface area contributed by atoms with E-state index in [1.54, 1.807) is 0 Å². The van der Waals surface area contributed by atoms with Crippen LogP contribution in [0.25, 0.3) is 0 Å². The van der Waals surface area contributed by atoms with E-state index in [0.717, 1.165) is 0 Å². The van der Waals surface area contributed by atoms with Gasteiger partial charge in [0.05, 0.1) is 0 Å². The first-order valence-electron chi connectivity index (χ1n) is 10.3. The minimum absolute atomic E-state index is 0. The smallest absolute Gasteiger partial charge is 0.147 e. The maximum atomic E-state index is 2.35. The molecule has 4 rings (SSSR count). The molecular weight excluding hydrogens is 480 g/mol. The number of halogens is 1. The van der Waals surface area contributed by atoms with Gasteiger partial charge in [-0.25, -0.2) is 0 Å². The zero-order valence-electron chi connectivity index (χ0n) is 17.6. The Hall–Kier alpha value is -1.48. The standard InChI is InChI=1S/2C12H10P.C3H7.ClH.Ni/c2*1-3-7-11(8-4-1)13-12-9-5-2-6-10-12;1-3-2;;/h2*1-10H;1,3H2,2H3;1H;/q2*-1;;;+2. The van der Waals surface area contributed by atoms with Crippen LogP contribution in [0.15, 0.2) is 121 Å². The summed E-state index contributed by atoms with van der Waals surface area (Å²) in [7, 11) is 0. The fraction of sp³-hybridized carbons (Fsp3) is 0.111. The fourth-order valence-corrected chi connectivity index (χ4v) is 20.6. The first-order chi connectivity index (χ1) is 14.9. The van der Waals surface area contributed by atoms with Gasteiger partial charge in [-0.05, 0) is 0 Å². The maximum Gasteiger partial charge on any atom is -0.147 e. The van der Waals surface area contributed by atoms with Gasteiger partial charge in [0.15, 0.2) is 0 Å². The van der Waals surface area contributed by atoms with Crippen molar-refractivity contribution >= 4 is 47.0 Å². The molecule has 4 aromatic rings. The first-order valence-corrected chi connectivity index (χ1v) is 16.0. The molecule has 0 spiro atoms. The maximum absolute atomic E-state index is 2.35. The normalized spacial score (nSPS) is 11.3. The Bertz CT molecular complexity index is 852. The minimum Gasteiger partial charge on any atom is -0.147 e. The van der Waals surface area contributed by atoms with Gasteiger partial charge < -0.3 is 0 Å². The van der Waals surface area contributed by atoms with Gasteiger partial charge in [-0.2, -0.15) is 0 Å². The summed E-state index contributed by atoms with van der Waals surface area (Å²) < 4.78 is 0. The van der Waals surface area contributed by atoms with Gasteiger partial charge in [0.25, 0.3) is 0 Å². The van der Waals surface area contributed by atoms with E-state index >= 15 is 0 Å². The van der Waals surface area contributed by atoms with Crippen LogP contribution >= 0.6 is 25.8 Å². The van der Waals surface area contributed by atoms with Crippen molar-refractivity contribution in [3.05, 3.63) is 121 Å². The van der Waals surface area contributed by atoms with Crippen LogP contribution in [0.4, 0.5) is 0 Å². The summed E-state index contributed by atoms with van der Waals surface area (Å²) >= 11 is 0.0424. The van der Waals surface area contributed by atoms with Crippen LogP contribution in [0.5, 0.6) is 0 Å². The van der Waals surface area contributed by atoms with E-state index in [1.165, 1.54) is 33.0 Å². The van der Waals surface area contributed by atoms with E-state index < -0.39 is 13.4 Å². The van der Waals surface area contributed by atoms with Crippen molar-refractivity contribution in [2.75, 3.05) is 0 Å². The number of benzene rings is 4. The van der Waals surface area contributed by atoms with E-state index in [4.69, 9.17) is 0 Å². The molecule has 0 saturated heterocycles. The van der Waals surface area contributed by atoms with Crippen LogP contribution < -0.4 is 21.2 Å². The molecule has 0 unspecified atom stereocenters. The predicted molar refractivity (Wildman–Crippen MR) is 140 cm³/mol. The summed E-state index contributed by atoms with van der Waals surface area (Å²) in [6.45, 7) is 1.47. The van der Waals surface area contributed by atoms with Gasteiger partial charge in [-0.3, -0.25) is 0 Å². The second-order valence-electron chi connectivity index (χ2n) is 6.77. The second-order valence-corrected chi connectivity index (χ2v) is 17.5. The van der Waals surface area contributed by atoms with Crippen LogP contribution in [0, 0.1) is 0 Å². The van der Waals surface area contributed by atoms with E-state index in [2.05, 4.69) is 128 Å². The molecule has 0 atom stereocenters. The SMILES string of the molecule is CC[CH2][Ni]([P](c1ccccc1)c1ccccc1)[P](c1ccccc1)c1ccccc1.Cl. The van der Waals surface area contributed by atoms with E-state index in [9.17, 15) is 0 Å². The summed E-state index contributed by atoms with van der Waals surface area (Å²) in [5.41, 5.74) is 0. The Morgan fingerprint density at radius 1 is 0.484 bits per heavy atom. The molecule has 0 N–H and O–H groups in total. The molecular formula is C27H28ClNiP2. The van der Waals surface area contributed by atoms with Crippen molar-refractivity contribution in [3.8, 4) is 0 Å². The van der Waals surface area contributed by atoms with Gasteiger partial charge >= 0.3 is 187 Å². The van der Waals surface area contributed by atoms with Crippen molar-refractivity contribution in [1.29, 1.82) is 0 Å². The zero-order chi connectivity index (χ0) is 20.6. The summed E-state index contributed by atoms with van der Waals surface area (Å²) in [6, 6.07) is 45.0. The van der Waals surface area contributed by atoms with Gasteiger partial charge in [-0.15, -0.1) is 12.4 Å². The minimum atomic E-state index is -0.436. The summed E-state index contributed by atoms with van der Waals surface area (Å²) in [6.07, 6.45) is 1.21. The molecule has 0 aliphatic carbocycles. The molecule has 0 aliphatic heterocycles. The molecule has 0 aliphatic rings. The Labute approximate surface area is 198 Å². The largest absolute Gasteiger partial charge is 0.147 e. The first kappa shape index (κ1) is 24.2. The average molecular weight is 509 g/mol. The molecule has 0 aromatic heterocycles. The molecule has 0 nitrogen and oxygen atoms in total. The van der Waals surface area contributed by atoms with E-state index in [0.29, 0.717) is 0 Å². The predicted octanol–water partition coefficient (Wildman–Crippen LogP) is 6.95. The number of hydrogen-bond acceptors (Lipinski definition) is 0. The van der Waals surface area contributed by atoms with Gasteiger partial charge in [0.1, 0.15) is 0 Å². The molecule has 0 radical (unpaired) electrons. The van der Waals surface area contributed by atoms with Crippen molar-refractivity contribution in [2.24, 2.45) is 0 Å². The van der Waals surface area contributed by atoms with Crippen LogP contribution in [0.1, 0.15) is 13.3 Å². The Balaban J connectivity index is 0.00000272. The van der Waals surface area contributed by atoms with Gasteiger partial charge in [0.2, 0.25) is 0 Å². The Morgan fingerprint density at radius 3 is 0.968 bits per heavy atom. The number of hydrogen-bond donors (Lipinski definition) is 0. The topological polar surface area (TPSA) is 0 Å². The monoisotopic (exact) mass is 507 g/mol. The fourth-order valence-electron chi connectivity index (χ4n) is 3.22. The van der Waals surface area contributed by atoms with Crippen LogP contribution in [0.3, 0.4) is 0 Å². The van der Waals surface area contributed by atoms with Crippen LogP contribution in [0.2, 0.25) is 5.39 Å². The molecule has 31 heavy (non-hydrogen) atoms. The molecule has 0 bridgehead atoms.